The molecule has 0 unspecified atom stereocenters. The molecule has 1 aromatic carbocycles. The van der Waals surface area contributed by atoms with Gasteiger partial charge >= 0.3 is 12.0 Å². The minimum absolute atomic E-state index is 0.252. The number of hydrogen-bond donors (Lipinski definition) is 3. The molecule has 4 rings (SSSR count). The second-order valence-corrected chi connectivity index (χ2v) is 9.05. The normalized spacial score (nSPS) is 24.0. The highest BCUT2D eigenvalue weighted by molar-refractivity contribution is 5.95. The van der Waals surface area contributed by atoms with E-state index in [9.17, 15) is 14.4 Å². The number of hydrogen-bond acceptors (Lipinski definition) is 6. The molecule has 0 saturated carbocycles. The van der Waals surface area contributed by atoms with Gasteiger partial charge in [0.1, 0.15) is 5.54 Å². The predicted molar refractivity (Wildman–Crippen MR) is 123 cm³/mol. The molecule has 0 aliphatic carbocycles. The van der Waals surface area contributed by atoms with Gasteiger partial charge in [-0.2, -0.15) is 0 Å². The Balaban J connectivity index is 1.55. The number of carbonyl (C=O) groups is 3. The lowest BCUT2D eigenvalue weighted by atomic mass is 9.83. The van der Waals surface area contributed by atoms with Crippen molar-refractivity contribution in [1.29, 1.82) is 0 Å². The Labute approximate surface area is 194 Å². The van der Waals surface area contributed by atoms with Gasteiger partial charge in [0.25, 0.3) is 0 Å². The van der Waals surface area contributed by atoms with Crippen molar-refractivity contribution in [2.45, 2.75) is 43.7 Å². The van der Waals surface area contributed by atoms with Gasteiger partial charge in [-0.15, -0.1) is 0 Å². The third kappa shape index (κ3) is 4.74. The maximum absolute atomic E-state index is 12.8. The maximum Gasteiger partial charge on any atom is 0.338 e. The van der Waals surface area contributed by atoms with Crippen LogP contribution in [0.3, 0.4) is 0 Å². The summed E-state index contributed by atoms with van der Waals surface area (Å²) in [6, 6.07) is 8.42. The number of carbonyl (C=O) groups excluding carboxylic acids is 3. The molecule has 3 amide bonds. The van der Waals surface area contributed by atoms with Crippen molar-refractivity contribution in [1.82, 2.24) is 20.4 Å². The minimum Gasteiger partial charge on any atom is -0.466 e. The molecule has 0 spiro atoms. The SMILES string of the molecule is COC(=O)C1=C(CN2CCC(C(N)=O)(N3CCCCC3)CC2)NC(=O)N[C@@H]1c1ccccc1. The molecular formula is C24H33N5O4. The van der Waals surface area contributed by atoms with Gasteiger partial charge in [-0.05, 0) is 44.3 Å². The number of ether oxygens (including phenoxy) is 1. The summed E-state index contributed by atoms with van der Waals surface area (Å²) in [7, 11) is 1.34. The number of amides is 3. The minimum atomic E-state index is -0.611. The summed E-state index contributed by atoms with van der Waals surface area (Å²) in [4.78, 5) is 42.2. The Bertz CT molecular complexity index is 918. The van der Waals surface area contributed by atoms with Crippen LogP contribution in [0.1, 0.15) is 43.7 Å². The van der Waals surface area contributed by atoms with E-state index in [0.29, 0.717) is 43.7 Å². The van der Waals surface area contributed by atoms with Crippen LogP contribution in [0.25, 0.3) is 0 Å². The molecule has 4 N–H and O–H groups in total. The van der Waals surface area contributed by atoms with Gasteiger partial charge in [0.05, 0.1) is 18.7 Å². The average molecular weight is 456 g/mol. The quantitative estimate of drug-likeness (QED) is 0.556. The zero-order valence-electron chi connectivity index (χ0n) is 19.1. The fraction of sp³-hybridized carbons (Fsp3) is 0.542. The first-order valence-corrected chi connectivity index (χ1v) is 11.7. The molecule has 2 fully saturated rings. The van der Waals surface area contributed by atoms with Gasteiger partial charge in [0, 0.05) is 25.3 Å². The van der Waals surface area contributed by atoms with Crippen LogP contribution in [0.5, 0.6) is 0 Å². The number of nitrogens with two attached hydrogens (primary N) is 1. The number of piperidine rings is 2. The van der Waals surface area contributed by atoms with E-state index in [1.807, 2.05) is 30.3 Å². The fourth-order valence-corrected chi connectivity index (χ4v) is 5.33. The van der Waals surface area contributed by atoms with Crippen LogP contribution in [0.15, 0.2) is 41.6 Å². The van der Waals surface area contributed by atoms with E-state index in [2.05, 4.69) is 20.4 Å². The topological polar surface area (TPSA) is 117 Å². The van der Waals surface area contributed by atoms with Crippen molar-refractivity contribution in [2.24, 2.45) is 5.73 Å². The molecule has 9 heteroatoms. The highest BCUT2D eigenvalue weighted by Crippen LogP contribution is 2.33. The maximum atomic E-state index is 12.8. The smallest absolute Gasteiger partial charge is 0.338 e. The largest absolute Gasteiger partial charge is 0.466 e. The van der Waals surface area contributed by atoms with Crippen molar-refractivity contribution in [3.63, 3.8) is 0 Å². The Kier molecular flexibility index (Phi) is 6.99. The molecule has 0 bridgehead atoms. The second kappa shape index (κ2) is 9.93. The van der Waals surface area contributed by atoms with E-state index < -0.39 is 17.6 Å². The summed E-state index contributed by atoms with van der Waals surface area (Å²) in [5, 5.41) is 5.66. The van der Waals surface area contributed by atoms with Crippen LogP contribution >= 0.6 is 0 Å². The van der Waals surface area contributed by atoms with Crippen molar-refractivity contribution < 1.29 is 19.1 Å². The molecule has 0 aromatic heterocycles. The van der Waals surface area contributed by atoms with Gasteiger partial charge in [-0.3, -0.25) is 14.6 Å². The van der Waals surface area contributed by atoms with E-state index in [4.69, 9.17) is 10.5 Å². The first-order valence-electron chi connectivity index (χ1n) is 11.7. The summed E-state index contributed by atoms with van der Waals surface area (Å²) in [5.74, 6) is -0.735. The lowest BCUT2D eigenvalue weighted by molar-refractivity contribution is -0.136. The number of esters is 1. The summed E-state index contributed by atoms with van der Waals surface area (Å²) in [6.07, 6.45) is 4.65. The molecule has 1 aromatic rings. The molecule has 0 radical (unpaired) electrons. The summed E-state index contributed by atoms with van der Waals surface area (Å²) >= 11 is 0. The summed E-state index contributed by atoms with van der Waals surface area (Å²) in [6.45, 7) is 3.49. The first-order chi connectivity index (χ1) is 15.9. The monoisotopic (exact) mass is 455 g/mol. The Morgan fingerprint density at radius 3 is 2.36 bits per heavy atom. The number of likely N-dealkylation sites (tertiary alicyclic amines) is 2. The lowest BCUT2D eigenvalue weighted by Crippen LogP contribution is -2.63. The van der Waals surface area contributed by atoms with Gasteiger partial charge in [-0.25, -0.2) is 9.59 Å². The van der Waals surface area contributed by atoms with E-state index in [1.54, 1.807) is 0 Å². The summed E-state index contributed by atoms with van der Waals surface area (Å²) < 4.78 is 5.07. The van der Waals surface area contributed by atoms with Gasteiger partial charge < -0.3 is 21.1 Å². The number of methoxy groups -OCH3 is 1. The van der Waals surface area contributed by atoms with E-state index >= 15 is 0 Å². The zero-order valence-corrected chi connectivity index (χ0v) is 19.1. The number of primary amides is 1. The highest BCUT2D eigenvalue weighted by Gasteiger charge is 2.45. The molecular weight excluding hydrogens is 422 g/mol. The van der Waals surface area contributed by atoms with Crippen LogP contribution in [0.4, 0.5) is 4.79 Å². The van der Waals surface area contributed by atoms with Crippen LogP contribution in [0, 0.1) is 0 Å². The molecule has 2 saturated heterocycles. The molecule has 3 aliphatic heterocycles. The third-order valence-corrected chi connectivity index (χ3v) is 7.18. The molecule has 33 heavy (non-hydrogen) atoms. The van der Waals surface area contributed by atoms with Crippen molar-refractivity contribution in [3.05, 3.63) is 47.2 Å². The van der Waals surface area contributed by atoms with Crippen LogP contribution < -0.4 is 16.4 Å². The number of benzene rings is 1. The number of rotatable bonds is 6. The number of nitrogens with one attached hydrogen (secondary N) is 2. The predicted octanol–water partition coefficient (Wildman–Crippen LogP) is 1.27. The Hall–Kier alpha value is -2.91. The fourth-order valence-electron chi connectivity index (χ4n) is 5.33. The van der Waals surface area contributed by atoms with Gasteiger partial charge in [0.15, 0.2) is 0 Å². The van der Waals surface area contributed by atoms with Gasteiger partial charge in [0.2, 0.25) is 5.91 Å². The molecule has 9 nitrogen and oxygen atoms in total. The Morgan fingerprint density at radius 2 is 1.76 bits per heavy atom. The van der Waals surface area contributed by atoms with Crippen LogP contribution in [0.2, 0.25) is 0 Å². The van der Waals surface area contributed by atoms with E-state index in [1.165, 1.54) is 13.5 Å². The Morgan fingerprint density at radius 1 is 1.09 bits per heavy atom. The van der Waals surface area contributed by atoms with Gasteiger partial charge in [-0.1, -0.05) is 36.8 Å². The molecule has 1 atom stereocenters. The molecule has 3 heterocycles. The van der Waals surface area contributed by atoms with Crippen LogP contribution in [-0.2, 0) is 14.3 Å². The molecule has 178 valence electrons. The zero-order chi connectivity index (χ0) is 23.4. The van der Waals surface area contributed by atoms with Crippen molar-refractivity contribution >= 4 is 17.9 Å². The van der Waals surface area contributed by atoms with E-state index in [0.717, 1.165) is 31.5 Å². The first kappa shape index (κ1) is 23.3. The average Bonchev–Trinajstić information content (AvgIpc) is 2.85. The van der Waals surface area contributed by atoms with E-state index in [-0.39, 0.29) is 11.9 Å². The van der Waals surface area contributed by atoms with Crippen LogP contribution in [-0.4, -0.2) is 73.1 Å². The number of urea groups is 1. The van der Waals surface area contributed by atoms with Crippen molar-refractivity contribution in [3.8, 4) is 0 Å². The number of nitrogens with zero attached hydrogens (tertiary/aromatic N) is 2. The lowest BCUT2D eigenvalue weighted by Gasteiger charge is -2.48. The van der Waals surface area contributed by atoms with Crippen molar-refractivity contribution in [2.75, 3.05) is 39.8 Å². The standard InChI is InChI=1S/C24H33N5O4/c1-33-21(30)19-18(26-23(32)27-20(19)17-8-4-2-5-9-17)16-28-14-10-24(11-15-28,22(25)31)29-12-6-3-7-13-29/h2,4-5,8-9,20H,3,6-7,10-16H2,1H3,(H2,25,31)(H2,26,27,32)/t20-/m1/s1. The second-order valence-electron chi connectivity index (χ2n) is 9.05. The summed E-state index contributed by atoms with van der Waals surface area (Å²) in [5.41, 5.74) is 7.03. The highest BCUT2D eigenvalue weighted by atomic mass is 16.5. The molecule has 3 aliphatic rings. The third-order valence-electron chi connectivity index (χ3n) is 7.18.